The number of carboxylic acid groups (broad SMARTS) is 1. The summed E-state index contributed by atoms with van der Waals surface area (Å²) >= 11 is 0. The molecular weight excluding hydrogens is 420 g/mol. The molecule has 33 heavy (non-hydrogen) atoms. The molecule has 0 saturated carbocycles. The van der Waals surface area contributed by atoms with E-state index in [1.165, 1.54) is 0 Å². The lowest BCUT2D eigenvalue weighted by atomic mass is 9.98. The van der Waals surface area contributed by atoms with Gasteiger partial charge in [0.05, 0.1) is 6.42 Å². The largest absolute Gasteiger partial charge is 0.481 e. The van der Waals surface area contributed by atoms with Gasteiger partial charge in [0, 0.05) is 18.5 Å². The second-order valence-corrected chi connectivity index (χ2v) is 9.10. The first-order valence-electron chi connectivity index (χ1n) is 11.3. The van der Waals surface area contributed by atoms with E-state index in [-0.39, 0.29) is 24.5 Å². The van der Waals surface area contributed by atoms with Gasteiger partial charge < -0.3 is 20.1 Å². The molecule has 2 aromatic carbocycles. The summed E-state index contributed by atoms with van der Waals surface area (Å²) in [7, 11) is 0. The third-order valence-corrected chi connectivity index (χ3v) is 5.78. The molecule has 0 aliphatic heterocycles. The Morgan fingerprint density at radius 2 is 1.52 bits per heavy atom. The van der Waals surface area contributed by atoms with Gasteiger partial charge in [-0.25, -0.2) is 4.79 Å². The van der Waals surface area contributed by atoms with Gasteiger partial charge in [-0.1, -0.05) is 62.4 Å². The van der Waals surface area contributed by atoms with Crippen LogP contribution in [-0.2, 0) is 14.3 Å². The molecule has 0 heterocycles. The number of carbonyl (C=O) groups is 3. The summed E-state index contributed by atoms with van der Waals surface area (Å²) in [6, 6.07) is 14.7. The van der Waals surface area contributed by atoms with Crippen LogP contribution in [0.4, 0.5) is 4.79 Å². The van der Waals surface area contributed by atoms with Crippen LogP contribution in [0.3, 0.4) is 0 Å². The molecule has 0 aromatic heterocycles. The van der Waals surface area contributed by atoms with E-state index in [1.54, 1.807) is 4.90 Å². The summed E-state index contributed by atoms with van der Waals surface area (Å²) in [5.41, 5.74) is 4.38. The maximum atomic E-state index is 13.1. The van der Waals surface area contributed by atoms with Gasteiger partial charge in [-0.05, 0) is 42.0 Å². The van der Waals surface area contributed by atoms with Crippen molar-refractivity contribution in [3.8, 4) is 11.1 Å². The number of hydrogen-bond acceptors (Lipinski definition) is 4. The quantitative estimate of drug-likeness (QED) is 0.593. The Hall–Kier alpha value is -3.35. The van der Waals surface area contributed by atoms with Gasteiger partial charge in [0.2, 0.25) is 5.91 Å². The highest BCUT2D eigenvalue weighted by molar-refractivity contribution is 5.89. The molecule has 2 amide bonds. The van der Waals surface area contributed by atoms with Gasteiger partial charge >= 0.3 is 12.1 Å². The van der Waals surface area contributed by atoms with Crippen LogP contribution in [0, 0.1) is 5.92 Å². The Balaban J connectivity index is 1.71. The van der Waals surface area contributed by atoms with Crippen LogP contribution in [0.25, 0.3) is 11.1 Å². The number of benzene rings is 2. The summed E-state index contributed by atoms with van der Waals surface area (Å²) in [6.45, 7) is 8.26. The predicted molar refractivity (Wildman–Crippen MR) is 126 cm³/mol. The number of fused-ring (bicyclic) bond motifs is 3. The van der Waals surface area contributed by atoms with E-state index in [4.69, 9.17) is 4.74 Å². The molecule has 1 unspecified atom stereocenters. The molecule has 0 radical (unpaired) electrons. The fraction of sp³-hybridized carbons (Fsp3) is 0.423. The van der Waals surface area contributed by atoms with Crippen LogP contribution >= 0.6 is 0 Å². The first kappa shape index (κ1) is 24.3. The lowest BCUT2D eigenvalue weighted by Crippen LogP contribution is -2.52. The highest BCUT2D eigenvalue weighted by atomic mass is 16.5. The van der Waals surface area contributed by atoms with Crippen molar-refractivity contribution >= 4 is 18.0 Å². The average molecular weight is 453 g/mol. The van der Waals surface area contributed by atoms with Crippen molar-refractivity contribution in [2.24, 2.45) is 5.92 Å². The smallest absolute Gasteiger partial charge is 0.407 e. The lowest BCUT2D eigenvalue weighted by molar-refractivity contribution is -0.143. The minimum Gasteiger partial charge on any atom is -0.481 e. The van der Waals surface area contributed by atoms with Gasteiger partial charge in [-0.3, -0.25) is 9.59 Å². The zero-order valence-electron chi connectivity index (χ0n) is 19.6. The monoisotopic (exact) mass is 452 g/mol. The summed E-state index contributed by atoms with van der Waals surface area (Å²) < 4.78 is 5.51. The molecule has 2 aromatic rings. The second kappa shape index (κ2) is 10.5. The van der Waals surface area contributed by atoms with Crippen molar-refractivity contribution in [1.82, 2.24) is 10.2 Å². The second-order valence-electron chi connectivity index (χ2n) is 9.10. The molecule has 1 aliphatic carbocycles. The standard InChI is InChI=1S/C26H32N2O5/c1-16(2)14-28(17(3)4)25(31)23(13-24(29)30)27-26(32)33-15-22-20-11-7-5-9-18(20)19-10-6-8-12-21(19)22/h5-12,16-17,22-23H,13-15H2,1-4H3,(H,27,32)(H,29,30). The van der Waals surface area contributed by atoms with E-state index in [0.717, 1.165) is 22.3 Å². The van der Waals surface area contributed by atoms with Crippen molar-refractivity contribution in [3.05, 3.63) is 59.7 Å². The van der Waals surface area contributed by atoms with Crippen molar-refractivity contribution in [1.29, 1.82) is 0 Å². The van der Waals surface area contributed by atoms with E-state index >= 15 is 0 Å². The summed E-state index contributed by atoms with van der Waals surface area (Å²) in [5, 5.41) is 11.8. The molecule has 7 heteroatoms. The Kier molecular flexibility index (Phi) is 7.74. The van der Waals surface area contributed by atoms with Crippen molar-refractivity contribution in [3.63, 3.8) is 0 Å². The molecule has 176 valence electrons. The zero-order chi connectivity index (χ0) is 24.1. The minimum atomic E-state index is -1.20. The SMILES string of the molecule is CC(C)CN(C(=O)C(CC(=O)O)NC(=O)OCC1c2ccccc2-c2ccccc21)C(C)C. The van der Waals surface area contributed by atoms with E-state index in [0.29, 0.717) is 6.54 Å². The van der Waals surface area contributed by atoms with Crippen molar-refractivity contribution in [2.75, 3.05) is 13.2 Å². The van der Waals surface area contributed by atoms with Crippen LogP contribution in [-0.4, -0.2) is 53.2 Å². The number of ether oxygens (including phenoxy) is 1. The van der Waals surface area contributed by atoms with Gasteiger partial charge in [-0.15, -0.1) is 0 Å². The summed E-state index contributed by atoms with van der Waals surface area (Å²) in [6.07, 6.45) is -1.31. The van der Waals surface area contributed by atoms with Crippen LogP contribution in [0.15, 0.2) is 48.5 Å². The first-order valence-corrected chi connectivity index (χ1v) is 11.3. The molecule has 0 saturated heterocycles. The average Bonchev–Trinajstić information content (AvgIpc) is 3.08. The van der Waals surface area contributed by atoms with Gasteiger partial charge in [0.25, 0.3) is 0 Å². The van der Waals surface area contributed by atoms with Crippen molar-refractivity contribution < 1.29 is 24.2 Å². The first-order chi connectivity index (χ1) is 15.7. The number of alkyl carbamates (subject to hydrolysis) is 1. The molecule has 2 N–H and O–H groups in total. The molecule has 1 atom stereocenters. The minimum absolute atomic E-state index is 0.0910. The zero-order valence-corrected chi connectivity index (χ0v) is 19.6. The topological polar surface area (TPSA) is 95.9 Å². The molecular formula is C26H32N2O5. The number of carboxylic acids is 1. The van der Waals surface area contributed by atoms with Gasteiger partial charge in [-0.2, -0.15) is 0 Å². The molecule has 0 fully saturated rings. The van der Waals surface area contributed by atoms with Crippen LogP contribution in [0.2, 0.25) is 0 Å². The number of carbonyl (C=O) groups excluding carboxylic acids is 2. The van der Waals surface area contributed by atoms with E-state index in [1.807, 2.05) is 76.2 Å². The number of aliphatic carboxylic acids is 1. The van der Waals surface area contributed by atoms with Crippen LogP contribution in [0.1, 0.15) is 51.2 Å². The van der Waals surface area contributed by atoms with E-state index < -0.39 is 30.4 Å². The van der Waals surface area contributed by atoms with Crippen LogP contribution < -0.4 is 5.32 Å². The number of nitrogens with zero attached hydrogens (tertiary/aromatic N) is 1. The van der Waals surface area contributed by atoms with Gasteiger partial charge in [0.1, 0.15) is 12.6 Å². The maximum absolute atomic E-state index is 13.1. The third kappa shape index (κ3) is 5.72. The summed E-state index contributed by atoms with van der Waals surface area (Å²) in [5.74, 6) is -1.50. The Bertz CT molecular complexity index is 972. The van der Waals surface area contributed by atoms with Crippen LogP contribution in [0.5, 0.6) is 0 Å². The number of nitrogens with one attached hydrogen (secondary N) is 1. The third-order valence-electron chi connectivity index (χ3n) is 5.78. The maximum Gasteiger partial charge on any atom is 0.407 e. The predicted octanol–water partition coefficient (Wildman–Crippen LogP) is 4.26. The number of amides is 2. The molecule has 0 spiro atoms. The molecule has 7 nitrogen and oxygen atoms in total. The fourth-order valence-electron chi connectivity index (χ4n) is 4.31. The summed E-state index contributed by atoms with van der Waals surface area (Å²) in [4.78, 5) is 38.7. The fourth-order valence-corrected chi connectivity index (χ4v) is 4.31. The number of hydrogen-bond donors (Lipinski definition) is 2. The highest BCUT2D eigenvalue weighted by Gasteiger charge is 2.32. The Morgan fingerprint density at radius 1 is 0.970 bits per heavy atom. The highest BCUT2D eigenvalue weighted by Crippen LogP contribution is 2.44. The van der Waals surface area contributed by atoms with E-state index in [9.17, 15) is 19.5 Å². The van der Waals surface area contributed by atoms with Gasteiger partial charge in [0.15, 0.2) is 0 Å². The molecule has 1 aliphatic rings. The Labute approximate surface area is 194 Å². The lowest BCUT2D eigenvalue weighted by Gasteiger charge is -2.31. The molecule has 3 rings (SSSR count). The van der Waals surface area contributed by atoms with Crippen molar-refractivity contribution in [2.45, 2.75) is 52.1 Å². The molecule has 0 bridgehead atoms. The Morgan fingerprint density at radius 3 is 2.00 bits per heavy atom. The normalized spacial score (nSPS) is 13.4. The number of rotatable bonds is 9. The van der Waals surface area contributed by atoms with E-state index in [2.05, 4.69) is 5.32 Å².